The average Bonchev–Trinajstić information content (AvgIpc) is 2.38. The van der Waals surface area contributed by atoms with Crippen molar-refractivity contribution in [2.75, 3.05) is 27.2 Å². The molecule has 0 spiro atoms. The van der Waals surface area contributed by atoms with E-state index in [1.54, 1.807) is 7.11 Å². The van der Waals surface area contributed by atoms with Crippen molar-refractivity contribution in [1.29, 1.82) is 0 Å². The van der Waals surface area contributed by atoms with E-state index >= 15 is 0 Å². The van der Waals surface area contributed by atoms with Gasteiger partial charge in [0.1, 0.15) is 5.75 Å². The van der Waals surface area contributed by atoms with Gasteiger partial charge >= 0.3 is 0 Å². The number of halogens is 1. The quantitative estimate of drug-likeness (QED) is 0.852. The lowest BCUT2D eigenvalue weighted by atomic mass is 10.1. The largest absolute Gasteiger partial charge is 0.496 e. The van der Waals surface area contributed by atoms with Crippen LogP contribution in [0.4, 0.5) is 0 Å². The van der Waals surface area contributed by atoms with Crippen LogP contribution in [0.25, 0.3) is 0 Å². The van der Waals surface area contributed by atoms with Gasteiger partial charge in [-0.2, -0.15) is 0 Å². The molecule has 1 saturated heterocycles. The zero-order chi connectivity index (χ0) is 13.0. The Kier molecular flexibility index (Phi) is 5.03. The molecule has 1 aliphatic heterocycles. The fourth-order valence-electron chi connectivity index (χ4n) is 2.22. The van der Waals surface area contributed by atoms with Crippen LogP contribution in [0.3, 0.4) is 0 Å². The van der Waals surface area contributed by atoms with Crippen molar-refractivity contribution in [3.05, 3.63) is 28.2 Å². The molecule has 1 heterocycles. The van der Waals surface area contributed by atoms with Crippen LogP contribution in [-0.2, 0) is 11.3 Å². The molecular formula is C14H20BrNO2. The molecule has 18 heavy (non-hydrogen) atoms. The number of rotatable bonds is 4. The van der Waals surface area contributed by atoms with E-state index in [4.69, 9.17) is 9.47 Å². The van der Waals surface area contributed by atoms with Crippen molar-refractivity contribution < 1.29 is 9.47 Å². The van der Waals surface area contributed by atoms with Gasteiger partial charge in [-0.25, -0.2) is 0 Å². The number of methoxy groups -OCH3 is 1. The lowest BCUT2D eigenvalue weighted by Gasteiger charge is -2.29. The zero-order valence-electron chi connectivity index (χ0n) is 11.0. The summed E-state index contributed by atoms with van der Waals surface area (Å²) in [6.45, 7) is 2.87. The van der Waals surface area contributed by atoms with Crippen LogP contribution in [0.5, 0.6) is 5.75 Å². The number of piperidine rings is 1. The summed E-state index contributed by atoms with van der Waals surface area (Å²) in [6, 6.07) is 6.02. The molecular weight excluding hydrogens is 294 g/mol. The van der Waals surface area contributed by atoms with Crippen molar-refractivity contribution in [3.8, 4) is 5.75 Å². The first-order valence-corrected chi connectivity index (χ1v) is 7.11. The minimum Gasteiger partial charge on any atom is -0.496 e. The number of likely N-dealkylation sites (tertiary alicyclic amines) is 1. The van der Waals surface area contributed by atoms with Crippen LogP contribution in [0.1, 0.15) is 18.4 Å². The fourth-order valence-corrected chi connectivity index (χ4v) is 2.63. The standard InChI is InChI=1S/C14H20BrNO2/c1-16-7-5-13(6-8-16)18-10-11-9-12(15)3-4-14(11)17-2/h3-4,9,13H,5-8,10H2,1-2H3. The van der Waals surface area contributed by atoms with Gasteiger partial charge in [-0.05, 0) is 38.1 Å². The van der Waals surface area contributed by atoms with Gasteiger partial charge in [0.05, 0.1) is 19.8 Å². The van der Waals surface area contributed by atoms with Crippen LogP contribution in [0.2, 0.25) is 0 Å². The number of nitrogens with zero attached hydrogens (tertiary/aromatic N) is 1. The first-order valence-electron chi connectivity index (χ1n) is 6.31. The smallest absolute Gasteiger partial charge is 0.124 e. The maximum atomic E-state index is 5.99. The lowest BCUT2D eigenvalue weighted by molar-refractivity contribution is 0.00144. The summed E-state index contributed by atoms with van der Waals surface area (Å²) >= 11 is 3.48. The Labute approximate surface area is 117 Å². The molecule has 2 rings (SSSR count). The molecule has 0 amide bonds. The van der Waals surface area contributed by atoms with Crippen molar-refractivity contribution in [2.45, 2.75) is 25.6 Å². The highest BCUT2D eigenvalue weighted by atomic mass is 79.9. The summed E-state index contributed by atoms with van der Waals surface area (Å²) in [5, 5.41) is 0. The number of hydrogen-bond acceptors (Lipinski definition) is 3. The topological polar surface area (TPSA) is 21.7 Å². The minimum atomic E-state index is 0.380. The Morgan fingerprint density at radius 2 is 2.06 bits per heavy atom. The van der Waals surface area contributed by atoms with Gasteiger partial charge in [-0.1, -0.05) is 15.9 Å². The first-order chi connectivity index (χ1) is 8.69. The molecule has 1 aliphatic rings. The van der Waals surface area contributed by atoms with Crippen molar-refractivity contribution in [3.63, 3.8) is 0 Å². The van der Waals surface area contributed by atoms with Gasteiger partial charge in [-0.3, -0.25) is 0 Å². The van der Waals surface area contributed by atoms with Crippen molar-refractivity contribution in [2.24, 2.45) is 0 Å². The van der Waals surface area contributed by atoms with E-state index in [0.717, 1.165) is 41.7 Å². The molecule has 1 fully saturated rings. The molecule has 0 bridgehead atoms. The predicted octanol–water partition coefficient (Wildman–Crippen LogP) is 3.07. The minimum absolute atomic E-state index is 0.380. The van der Waals surface area contributed by atoms with Gasteiger partial charge < -0.3 is 14.4 Å². The maximum Gasteiger partial charge on any atom is 0.124 e. The summed E-state index contributed by atoms with van der Waals surface area (Å²) in [6.07, 6.45) is 2.62. The average molecular weight is 314 g/mol. The van der Waals surface area contributed by atoms with E-state index in [9.17, 15) is 0 Å². The molecule has 0 radical (unpaired) electrons. The molecule has 0 saturated carbocycles. The van der Waals surface area contributed by atoms with E-state index in [-0.39, 0.29) is 0 Å². The van der Waals surface area contributed by atoms with Crippen LogP contribution in [0, 0.1) is 0 Å². The Bertz CT molecular complexity index is 389. The van der Waals surface area contributed by atoms with Gasteiger partial charge in [0.15, 0.2) is 0 Å². The highest BCUT2D eigenvalue weighted by molar-refractivity contribution is 9.10. The van der Waals surface area contributed by atoms with Crippen LogP contribution >= 0.6 is 15.9 Å². The van der Waals surface area contributed by atoms with E-state index in [0.29, 0.717) is 12.7 Å². The molecule has 0 aliphatic carbocycles. The van der Waals surface area contributed by atoms with Crippen LogP contribution < -0.4 is 4.74 Å². The van der Waals surface area contributed by atoms with Gasteiger partial charge in [0.25, 0.3) is 0 Å². The van der Waals surface area contributed by atoms with E-state index in [1.807, 2.05) is 12.1 Å². The SMILES string of the molecule is COc1ccc(Br)cc1COC1CCN(C)CC1. The molecule has 0 unspecified atom stereocenters. The Morgan fingerprint density at radius 3 is 2.72 bits per heavy atom. The maximum absolute atomic E-state index is 5.99. The third-order valence-corrected chi connectivity index (χ3v) is 3.88. The molecule has 100 valence electrons. The molecule has 3 nitrogen and oxygen atoms in total. The monoisotopic (exact) mass is 313 g/mol. The summed E-state index contributed by atoms with van der Waals surface area (Å²) in [5.74, 6) is 0.895. The van der Waals surface area contributed by atoms with Crippen LogP contribution in [0.15, 0.2) is 22.7 Å². The van der Waals surface area contributed by atoms with E-state index < -0.39 is 0 Å². The normalized spacial score (nSPS) is 17.9. The third-order valence-electron chi connectivity index (χ3n) is 3.38. The van der Waals surface area contributed by atoms with Gasteiger partial charge in [0, 0.05) is 23.1 Å². The first kappa shape index (κ1) is 13.8. The van der Waals surface area contributed by atoms with Gasteiger partial charge in [0.2, 0.25) is 0 Å². The molecule has 0 atom stereocenters. The highest BCUT2D eigenvalue weighted by Gasteiger charge is 2.17. The van der Waals surface area contributed by atoms with Crippen molar-refractivity contribution >= 4 is 15.9 Å². The summed E-state index contributed by atoms with van der Waals surface area (Å²) in [7, 11) is 3.86. The second-order valence-corrected chi connectivity index (χ2v) is 5.69. The molecule has 4 heteroatoms. The predicted molar refractivity (Wildman–Crippen MR) is 76.0 cm³/mol. The molecule has 0 N–H and O–H groups in total. The van der Waals surface area contributed by atoms with E-state index in [1.165, 1.54) is 0 Å². The lowest BCUT2D eigenvalue weighted by Crippen LogP contribution is -2.34. The number of hydrogen-bond donors (Lipinski definition) is 0. The van der Waals surface area contributed by atoms with Crippen molar-refractivity contribution in [1.82, 2.24) is 4.90 Å². The summed E-state index contributed by atoms with van der Waals surface area (Å²) in [5.41, 5.74) is 1.10. The van der Waals surface area contributed by atoms with Crippen LogP contribution in [-0.4, -0.2) is 38.3 Å². The second kappa shape index (κ2) is 6.55. The molecule has 1 aromatic carbocycles. The summed E-state index contributed by atoms with van der Waals surface area (Å²) < 4.78 is 12.4. The number of benzene rings is 1. The second-order valence-electron chi connectivity index (χ2n) is 4.77. The number of ether oxygens (including phenoxy) is 2. The summed E-state index contributed by atoms with van der Waals surface area (Å²) in [4.78, 5) is 2.35. The van der Waals surface area contributed by atoms with E-state index in [2.05, 4.69) is 33.9 Å². The third kappa shape index (κ3) is 3.70. The Morgan fingerprint density at radius 1 is 1.33 bits per heavy atom. The highest BCUT2D eigenvalue weighted by Crippen LogP contribution is 2.25. The fraction of sp³-hybridized carbons (Fsp3) is 0.571. The Hall–Kier alpha value is -0.580. The molecule has 1 aromatic rings. The Balaban J connectivity index is 1.91. The zero-order valence-corrected chi connectivity index (χ0v) is 12.6. The molecule has 0 aromatic heterocycles. The van der Waals surface area contributed by atoms with Gasteiger partial charge in [-0.15, -0.1) is 0 Å².